The van der Waals surface area contributed by atoms with E-state index in [0.717, 1.165) is 0 Å². The Bertz CT molecular complexity index is 907. The molecule has 31 heavy (non-hydrogen) atoms. The molecule has 11 nitrogen and oxygen atoms in total. The van der Waals surface area contributed by atoms with Crippen LogP contribution in [-0.4, -0.2) is 95.8 Å². The van der Waals surface area contributed by atoms with Gasteiger partial charge in [0.05, 0.1) is 18.0 Å². The van der Waals surface area contributed by atoms with Crippen molar-refractivity contribution in [3.8, 4) is 11.5 Å². The molecule has 1 saturated heterocycles. The van der Waals surface area contributed by atoms with Crippen molar-refractivity contribution in [2.45, 2.75) is 17.5 Å². The Kier molecular flexibility index (Phi) is 7.70. The number of carbonyl (C=O) groups excluding carboxylic acids is 2. The van der Waals surface area contributed by atoms with E-state index in [-0.39, 0.29) is 18.0 Å². The highest BCUT2D eigenvalue weighted by atomic mass is 32.2. The molecule has 0 aromatic heterocycles. The van der Waals surface area contributed by atoms with Crippen molar-refractivity contribution in [3.05, 3.63) is 18.2 Å². The van der Waals surface area contributed by atoms with Crippen LogP contribution in [0.3, 0.4) is 0 Å². The molecule has 1 aromatic rings. The van der Waals surface area contributed by atoms with Crippen LogP contribution in [0.5, 0.6) is 11.5 Å². The first-order valence-corrected chi connectivity index (χ1v) is 11.5. The molecule has 3 rings (SSSR count). The van der Waals surface area contributed by atoms with E-state index in [9.17, 15) is 18.0 Å². The van der Waals surface area contributed by atoms with Crippen LogP contribution in [-0.2, 0) is 24.3 Å². The first-order chi connectivity index (χ1) is 14.8. The van der Waals surface area contributed by atoms with Crippen molar-refractivity contribution in [3.63, 3.8) is 0 Å². The lowest BCUT2D eigenvalue weighted by molar-refractivity contribution is -0.140. The fraction of sp³-hybridized carbons (Fsp3) is 0.579. The predicted octanol–water partition coefficient (Wildman–Crippen LogP) is -1.01. The third-order valence-corrected chi connectivity index (χ3v) is 6.65. The van der Waals surface area contributed by atoms with Crippen LogP contribution in [0.15, 0.2) is 23.1 Å². The molecule has 2 N–H and O–H groups in total. The molecule has 0 radical (unpaired) electrons. The molecule has 2 aliphatic rings. The number of hydrogen-bond acceptors (Lipinski definition) is 8. The van der Waals surface area contributed by atoms with Crippen molar-refractivity contribution in [2.75, 3.05) is 60.1 Å². The Morgan fingerprint density at radius 1 is 1.10 bits per heavy atom. The van der Waals surface area contributed by atoms with E-state index in [0.29, 0.717) is 50.8 Å². The zero-order valence-electron chi connectivity index (χ0n) is 17.6. The molecule has 1 fully saturated rings. The van der Waals surface area contributed by atoms with E-state index in [1.54, 1.807) is 6.07 Å². The van der Waals surface area contributed by atoms with Gasteiger partial charge >= 0.3 is 11.8 Å². The molecule has 0 unspecified atom stereocenters. The van der Waals surface area contributed by atoms with E-state index in [4.69, 9.17) is 14.2 Å². The lowest BCUT2D eigenvalue weighted by Gasteiger charge is -2.34. The SMILES string of the molecule is CN(C)CCNC(=O)C(=O)NC[C@@H]1OCCCN1S(=O)(=O)c1ccc2c(c1)OCCO2. The van der Waals surface area contributed by atoms with Crippen LogP contribution >= 0.6 is 0 Å². The third-order valence-electron chi connectivity index (χ3n) is 4.76. The normalized spacial score (nSPS) is 19.1. The summed E-state index contributed by atoms with van der Waals surface area (Å²) >= 11 is 0. The molecule has 172 valence electrons. The summed E-state index contributed by atoms with van der Waals surface area (Å²) in [5.74, 6) is -0.766. The lowest BCUT2D eigenvalue weighted by atomic mass is 10.3. The molecule has 1 atom stereocenters. The number of fused-ring (bicyclic) bond motifs is 1. The number of hydrogen-bond donors (Lipinski definition) is 2. The average molecular weight is 457 g/mol. The van der Waals surface area contributed by atoms with Gasteiger partial charge in [0.25, 0.3) is 0 Å². The number of carbonyl (C=O) groups is 2. The Morgan fingerprint density at radius 2 is 1.81 bits per heavy atom. The fourth-order valence-corrected chi connectivity index (χ4v) is 4.74. The summed E-state index contributed by atoms with van der Waals surface area (Å²) in [6.07, 6.45) is -0.412. The van der Waals surface area contributed by atoms with E-state index in [1.165, 1.54) is 16.4 Å². The van der Waals surface area contributed by atoms with E-state index in [2.05, 4.69) is 10.6 Å². The summed E-state index contributed by atoms with van der Waals surface area (Å²) in [5, 5.41) is 4.96. The maximum absolute atomic E-state index is 13.2. The highest BCUT2D eigenvalue weighted by Gasteiger charge is 2.35. The molecular formula is C19H28N4O7S. The summed E-state index contributed by atoms with van der Waals surface area (Å²) < 4.78 is 44.1. The second-order valence-corrected chi connectivity index (χ2v) is 9.26. The lowest BCUT2D eigenvalue weighted by Crippen LogP contribution is -2.53. The molecule has 2 amide bonds. The van der Waals surface area contributed by atoms with Crippen LogP contribution in [0.2, 0.25) is 0 Å². The van der Waals surface area contributed by atoms with Gasteiger partial charge < -0.3 is 29.7 Å². The average Bonchev–Trinajstić information content (AvgIpc) is 2.76. The minimum Gasteiger partial charge on any atom is -0.486 e. The number of sulfonamides is 1. The predicted molar refractivity (Wildman–Crippen MR) is 110 cm³/mol. The Labute approximate surface area is 181 Å². The van der Waals surface area contributed by atoms with Gasteiger partial charge in [0.1, 0.15) is 19.4 Å². The van der Waals surface area contributed by atoms with Gasteiger partial charge in [0.2, 0.25) is 10.0 Å². The molecule has 0 aliphatic carbocycles. The van der Waals surface area contributed by atoms with E-state index >= 15 is 0 Å². The standard InChI is InChI=1S/C19H28N4O7S/c1-22(2)8-6-20-18(24)19(25)21-13-17-23(7-3-9-30-17)31(26,27)14-4-5-15-16(12-14)29-11-10-28-15/h4-5,12,17H,3,6-11,13H2,1-2H3,(H,20,24)(H,21,25)/t17-/m0/s1. The summed E-state index contributed by atoms with van der Waals surface area (Å²) in [6, 6.07) is 4.43. The highest BCUT2D eigenvalue weighted by Crippen LogP contribution is 2.34. The second kappa shape index (κ2) is 10.3. The van der Waals surface area contributed by atoms with Crippen molar-refractivity contribution in [2.24, 2.45) is 0 Å². The first kappa shape index (κ1) is 23.3. The van der Waals surface area contributed by atoms with Crippen LogP contribution in [0, 0.1) is 0 Å². The molecule has 0 saturated carbocycles. The van der Waals surface area contributed by atoms with E-state index < -0.39 is 28.1 Å². The van der Waals surface area contributed by atoms with Crippen LogP contribution in [0.4, 0.5) is 0 Å². The van der Waals surface area contributed by atoms with Crippen LogP contribution < -0.4 is 20.1 Å². The molecule has 12 heteroatoms. The molecule has 0 bridgehead atoms. The summed E-state index contributed by atoms with van der Waals surface area (Å²) in [6.45, 7) is 2.09. The van der Waals surface area contributed by atoms with Crippen LogP contribution in [0.1, 0.15) is 6.42 Å². The molecule has 2 heterocycles. The molecule has 1 aromatic carbocycles. The van der Waals surface area contributed by atoms with Gasteiger partial charge in [-0.1, -0.05) is 0 Å². The van der Waals surface area contributed by atoms with Crippen molar-refractivity contribution in [1.82, 2.24) is 19.8 Å². The number of nitrogens with one attached hydrogen (secondary N) is 2. The molecular weight excluding hydrogens is 428 g/mol. The van der Waals surface area contributed by atoms with Gasteiger partial charge in [-0.25, -0.2) is 8.42 Å². The topological polar surface area (TPSA) is 127 Å². The maximum atomic E-state index is 13.2. The monoisotopic (exact) mass is 456 g/mol. The van der Waals surface area contributed by atoms with Gasteiger partial charge in [-0.2, -0.15) is 4.31 Å². The number of benzene rings is 1. The Morgan fingerprint density at radius 3 is 2.55 bits per heavy atom. The third kappa shape index (κ3) is 5.85. The second-order valence-electron chi connectivity index (χ2n) is 7.37. The van der Waals surface area contributed by atoms with Crippen LogP contribution in [0.25, 0.3) is 0 Å². The molecule has 2 aliphatic heterocycles. The molecule has 0 spiro atoms. The minimum absolute atomic E-state index is 0.0417. The summed E-state index contributed by atoms with van der Waals surface area (Å²) in [4.78, 5) is 25.9. The zero-order chi connectivity index (χ0) is 22.4. The van der Waals surface area contributed by atoms with Crippen molar-refractivity contribution < 1.29 is 32.2 Å². The van der Waals surface area contributed by atoms with Crippen molar-refractivity contribution >= 4 is 21.8 Å². The highest BCUT2D eigenvalue weighted by molar-refractivity contribution is 7.89. The number of rotatable bonds is 7. The number of ether oxygens (including phenoxy) is 3. The first-order valence-electron chi connectivity index (χ1n) is 10.0. The number of nitrogens with zero attached hydrogens (tertiary/aromatic N) is 2. The van der Waals surface area contributed by atoms with Gasteiger partial charge in [0.15, 0.2) is 11.5 Å². The fourth-order valence-electron chi connectivity index (χ4n) is 3.16. The Hall–Kier alpha value is -2.41. The smallest absolute Gasteiger partial charge is 0.309 e. The quantitative estimate of drug-likeness (QED) is 0.500. The van der Waals surface area contributed by atoms with Gasteiger partial charge in [-0.3, -0.25) is 9.59 Å². The minimum atomic E-state index is -3.92. The summed E-state index contributed by atoms with van der Waals surface area (Å²) in [7, 11) is -0.220. The summed E-state index contributed by atoms with van der Waals surface area (Å²) in [5.41, 5.74) is 0. The van der Waals surface area contributed by atoms with Gasteiger partial charge in [0, 0.05) is 25.7 Å². The zero-order valence-corrected chi connectivity index (χ0v) is 18.4. The van der Waals surface area contributed by atoms with Gasteiger partial charge in [-0.15, -0.1) is 0 Å². The van der Waals surface area contributed by atoms with Gasteiger partial charge in [-0.05, 0) is 32.6 Å². The van der Waals surface area contributed by atoms with Crippen molar-refractivity contribution in [1.29, 1.82) is 0 Å². The largest absolute Gasteiger partial charge is 0.486 e. The number of likely N-dealkylation sites (N-methyl/N-ethyl adjacent to an activating group) is 1. The van der Waals surface area contributed by atoms with E-state index in [1.807, 2.05) is 19.0 Å². The number of amides is 2. The Balaban J connectivity index is 1.64. The maximum Gasteiger partial charge on any atom is 0.309 e.